The van der Waals surface area contributed by atoms with E-state index >= 15 is 0 Å². The number of para-hydroxylation sites is 2. The topological polar surface area (TPSA) is 57.4 Å². The number of ether oxygens (including phenoxy) is 2. The molecule has 5 heteroatoms. The van der Waals surface area contributed by atoms with Crippen LogP contribution in [0.25, 0.3) is 0 Å². The minimum atomic E-state index is 0.619. The lowest BCUT2D eigenvalue weighted by molar-refractivity contribution is 0.122. The standard InChI is InChI=1S/C15H20N2O2S/c1-12-15(20-11-17-12)7-10-18-8-4-9-19-14-6-3-2-5-13(14)16/h2-3,5-6,11H,4,7-10,16H2,1H3. The highest BCUT2D eigenvalue weighted by Gasteiger charge is 2.01. The number of aromatic nitrogens is 1. The highest BCUT2D eigenvalue weighted by atomic mass is 32.1. The number of anilines is 1. The van der Waals surface area contributed by atoms with Gasteiger partial charge in [0, 0.05) is 24.3 Å². The number of nitrogens with zero attached hydrogens (tertiary/aromatic N) is 1. The highest BCUT2D eigenvalue weighted by molar-refractivity contribution is 7.09. The van der Waals surface area contributed by atoms with Crippen LogP contribution in [-0.2, 0) is 11.2 Å². The molecular weight excluding hydrogens is 272 g/mol. The summed E-state index contributed by atoms with van der Waals surface area (Å²) in [5.41, 5.74) is 9.46. The van der Waals surface area contributed by atoms with Gasteiger partial charge >= 0.3 is 0 Å². The Hall–Kier alpha value is -1.59. The number of thiazole rings is 1. The second-order valence-electron chi connectivity index (χ2n) is 4.46. The van der Waals surface area contributed by atoms with Gasteiger partial charge in [-0.05, 0) is 19.1 Å². The number of rotatable bonds is 8. The molecule has 0 bridgehead atoms. The van der Waals surface area contributed by atoms with E-state index < -0.39 is 0 Å². The molecule has 0 spiro atoms. The molecule has 4 nitrogen and oxygen atoms in total. The van der Waals surface area contributed by atoms with Crippen LogP contribution in [-0.4, -0.2) is 24.8 Å². The average molecular weight is 292 g/mol. The van der Waals surface area contributed by atoms with E-state index in [4.69, 9.17) is 15.2 Å². The molecule has 0 aliphatic heterocycles. The average Bonchev–Trinajstić information content (AvgIpc) is 2.85. The van der Waals surface area contributed by atoms with Crippen LogP contribution in [0.4, 0.5) is 5.69 Å². The molecule has 0 aliphatic carbocycles. The summed E-state index contributed by atoms with van der Waals surface area (Å²) >= 11 is 1.69. The molecule has 0 amide bonds. The van der Waals surface area contributed by atoms with Crippen molar-refractivity contribution in [2.24, 2.45) is 0 Å². The Morgan fingerprint density at radius 2 is 2.05 bits per heavy atom. The lowest BCUT2D eigenvalue weighted by atomic mass is 10.3. The van der Waals surface area contributed by atoms with Crippen molar-refractivity contribution in [3.8, 4) is 5.75 Å². The molecule has 2 rings (SSSR count). The van der Waals surface area contributed by atoms with E-state index in [1.165, 1.54) is 4.88 Å². The molecule has 108 valence electrons. The van der Waals surface area contributed by atoms with Gasteiger partial charge in [0.15, 0.2) is 0 Å². The van der Waals surface area contributed by atoms with Crippen molar-refractivity contribution in [3.63, 3.8) is 0 Å². The van der Waals surface area contributed by atoms with E-state index in [-0.39, 0.29) is 0 Å². The van der Waals surface area contributed by atoms with Gasteiger partial charge in [0.2, 0.25) is 0 Å². The molecule has 1 aromatic heterocycles. The third-order valence-electron chi connectivity index (χ3n) is 2.93. The van der Waals surface area contributed by atoms with Crippen molar-refractivity contribution in [1.82, 2.24) is 4.98 Å². The van der Waals surface area contributed by atoms with Crippen LogP contribution in [0.3, 0.4) is 0 Å². The van der Waals surface area contributed by atoms with E-state index in [0.717, 1.165) is 30.9 Å². The molecule has 20 heavy (non-hydrogen) atoms. The van der Waals surface area contributed by atoms with Gasteiger partial charge in [0.1, 0.15) is 5.75 Å². The smallest absolute Gasteiger partial charge is 0.142 e. The molecule has 1 aromatic carbocycles. The molecule has 0 saturated heterocycles. The van der Waals surface area contributed by atoms with Gasteiger partial charge in [-0.25, -0.2) is 4.98 Å². The van der Waals surface area contributed by atoms with Gasteiger partial charge in [-0.2, -0.15) is 0 Å². The van der Waals surface area contributed by atoms with Crippen molar-refractivity contribution in [2.75, 3.05) is 25.6 Å². The maximum atomic E-state index is 5.79. The van der Waals surface area contributed by atoms with E-state index in [1.807, 2.05) is 36.7 Å². The van der Waals surface area contributed by atoms with Crippen molar-refractivity contribution < 1.29 is 9.47 Å². The monoisotopic (exact) mass is 292 g/mol. The normalized spacial score (nSPS) is 10.7. The van der Waals surface area contributed by atoms with Crippen molar-refractivity contribution in [3.05, 3.63) is 40.3 Å². The molecule has 0 saturated carbocycles. The summed E-state index contributed by atoms with van der Waals surface area (Å²) in [4.78, 5) is 5.52. The van der Waals surface area contributed by atoms with E-state index in [0.29, 0.717) is 18.9 Å². The van der Waals surface area contributed by atoms with Gasteiger partial charge in [-0.15, -0.1) is 11.3 Å². The lowest BCUT2D eigenvalue weighted by Gasteiger charge is -2.08. The Balaban J connectivity index is 1.54. The SMILES string of the molecule is Cc1ncsc1CCOCCCOc1ccccc1N. The fraction of sp³-hybridized carbons (Fsp3) is 0.400. The Labute approximate surface area is 123 Å². The summed E-state index contributed by atoms with van der Waals surface area (Å²) in [5.74, 6) is 0.743. The summed E-state index contributed by atoms with van der Waals surface area (Å²) < 4.78 is 11.2. The fourth-order valence-corrected chi connectivity index (χ4v) is 2.55. The summed E-state index contributed by atoms with van der Waals surface area (Å²) in [5, 5.41) is 0. The Kier molecular flexibility index (Phi) is 5.83. The number of hydrogen-bond acceptors (Lipinski definition) is 5. The van der Waals surface area contributed by atoms with Gasteiger partial charge in [0.25, 0.3) is 0 Å². The first kappa shape index (κ1) is 14.8. The molecule has 0 fully saturated rings. The molecule has 0 radical (unpaired) electrons. The maximum Gasteiger partial charge on any atom is 0.142 e. The second kappa shape index (κ2) is 7.87. The van der Waals surface area contributed by atoms with Gasteiger partial charge < -0.3 is 15.2 Å². The van der Waals surface area contributed by atoms with E-state index in [1.54, 1.807) is 11.3 Å². The predicted molar refractivity (Wildman–Crippen MR) is 82.3 cm³/mol. The molecule has 1 heterocycles. The van der Waals surface area contributed by atoms with E-state index in [2.05, 4.69) is 4.98 Å². The number of benzene rings is 1. The summed E-state index contributed by atoms with van der Waals surface area (Å²) in [6, 6.07) is 7.53. The Bertz CT molecular complexity index is 528. The van der Waals surface area contributed by atoms with Crippen molar-refractivity contribution >= 4 is 17.0 Å². The number of hydrogen-bond donors (Lipinski definition) is 1. The largest absolute Gasteiger partial charge is 0.491 e. The van der Waals surface area contributed by atoms with Crippen LogP contribution in [0, 0.1) is 6.92 Å². The quantitative estimate of drug-likeness (QED) is 0.600. The van der Waals surface area contributed by atoms with Crippen LogP contribution in [0.5, 0.6) is 5.75 Å². The van der Waals surface area contributed by atoms with Crippen LogP contribution in [0.1, 0.15) is 17.0 Å². The molecule has 2 aromatic rings. The third kappa shape index (κ3) is 4.51. The summed E-state index contributed by atoms with van der Waals surface area (Å²) in [7, 11) is 0. The zero-order valence-corrected chi connectivity index (χ0v) is 12.5. The fourth-order valence-electron chi connectivity index (χ4n) is 1.79. The second-order valence-corrected chi connectivity index (χ2v) is 5.40. The predicted octanol–water partition coefficient (Wildman–Crippen LogP) is 3.06. The Morgan fingerprint density at radius 1 is 1.20 bits per heavy atom. The number of nitrogens with two attached hydrogens (primary N) is 1. The molecule has 2 N–H and O–H groups in total. The first-order chi connectivity index (χ1) is 9.77. The van der Waals surface area contributed by atoms with Crippen LogP contribution >= 0.6 is 11.3 Å². The number of nitrogen functional groups attached to an aromatic ring is 1. The lowest BCUT2D eigenvalue weighted by Crippen LogP contribution is -2.06. The molecule has 0 unspecified atom stereocenters. The van der Waals surface area contributed by atoms with Crippen molar-refractivity contribution in [2.45, 2.75) is 19.8 Å². The number of aryl methyl sites for hydroxylation is 1. The molecule has 0 atom stereocenters. The van der Waals surface area contributed by atoms with Gasteiger partial charge in [-0.1, -0.05) is 12.1 Å². The van der Waals surface area contributed by atoms with Gasteiger partial charge in [-0.3, -0.25) is 0 Å². The maximum absolute atomic E-state index is 5.79. The summed E-state index contributed by atoms with van der Waals surface area (Å²) in [6.45, 7) is 4.08. The van der Waals surface area contributed by atoms with Crippen LogP contribution in [0.15, 0.2) is 29.8 Å². The Morgan fingerprint density at radius 3 is 2.80 bits per heavy atom. The minimum absolute atomic E-state index is 0.619. The van der Waals surface area contributed by atoms with Gasteiger partial charge in [0.05, 0.1) is 30.1 Å². The summed E-state index contributed by atoms with van der Waals surface area (Å²) in [6.07, 6.45) is 1.79. The van der Waals surface area contributed by atoms with Crippen LogP contribution in [0.2, 0.25) is 0 Å². The molecule has 0 aliphatic rings. The highest BCUT2D eigenvalue weighted by Crippen LogP contribution is 2.19. The van der Waals surface area contributed by atoms with Crippen LogP contribution < -0.4 is 10.5 Å². The first-order valence-corrected chi connectivity index (χ1v) is 7.59. The van der Waals surface area contributed by atoms with E-state index in [9.17, 15) is 0 Å². The zero-order chi connectivity index (χ0) is 14.2. The molecular formula is C15H20N2O2S. The third-order valence-corrected chi connectivity index (χ3v) is 3.92. The zero-order valence-electron chi connectivity index (χ0n) is 11.7. The minimum Gasteiger partial charge on any atom is -0.491 e. The van der Waals surface area contributed by atoms with Crippen molar-refractivity contribution in [1.29, 1.82) is 0 Å². The first-order valence-electron chi connectivity index (χ1n) is 6.71.